The number of rotatable bonds is 2. The van der Waals surface area contributed by atoms with E-state index in [4.69, 9.17) is 17.3 Å². The fourth-order valence-corrected chi connectivity index (χ4v) is 2.93. The van der Waals surface area contributed by atoms with Gasteiger partial charge in [0, 0.05) is 34.7 Å². The lowest BCUT2D eigenvalue weighted by molar-refractivity contribution is 0.251. The van der Waals surface area contributed by atoms with E-state index < -0.39 is 0 Å². The lowest BCUT2D eigenvalue weighted by Crippen LogP contribution is -2.36. The predicted octanol–water partition coefficient (Wildman–Crippen LogP) is 3.02. The SMILES string of the molecule is CC1C(N)CCN1Cc1ccc(Cl)cc1Br. The number of nitrogens with two attached hydrogens (primary N) is 1. The minimum absolute atomic E-state index is 0.311. The highest BCUT2D eigenvalue weighted by molar-refractivity contribution is 9.10. The lowest BCUT2D eigenvalue weighted by Gasteiger charge is -2.23. The van der Waals surface area contributed by atoms with Crippen molar-refractivity contribution < 1.29 is 0 Å². The molecule has 0 aromatic heterocycles. The van der Waals surface area contributed by atoms with E-state index in [-0.39, 0.29) is 0 Å². The summed E-state index contributed by atoms with van der Waals surface area (Å²) in [4.78, 5) is 2.42. The fraction of sp³-hybridized carbons (Fsp3) is 0.500. The van der Waals surface area contributed by atoms with Gasteiger partial charge in [-0.25, -0.2) is 0 Å². The minimum atomic E-state index is 0.311. The molecule has 0 amide bonds. The third kappa shape index (κ3) is 2.59. The molecule has 0 aliphatic carbocycles. The molecule has 2 nitrogen and oxygen atoms in total. The molecule has 2 N–H and O–H groups in total. The van der Waals surface area contributed by atoms with Gasteiger partial charge in [0.2, 0.25) is 0 Å². The van der Waals surface area contributed by atoms with Gasteiger partial charge >= 0.3 is 0 Å². The van der Waals surface area contributed by atoms with Crippen LogP contribution in [0.25, 0.3) is 0 Å². The smallest absolute Gasteiger partial charge is 0.0417 e. The molecule has 1 saturated heterocycles. The number of likely N-dealkylation sites (tertiary alicyclic amines) is 1. The number of benzene rings is 1. The summed E-state index contributed by atoms with van der Waals surface area (Å²) < 4.78 is 1.08. The van der Waals surface area contributed by atoms with Crippen molar-refractivity contribution in [2.45, 2.75) is 32.0 Å². The largest absolute Gasteiger partial charge is 0.326 e. The predicted molar refractivity (Wildman–Crippen MR) is 71.6 cm³/mol. The summed E-state index contributed by atoms with van der Waals surface area (Å²) in [7, 11) is 0. The molecule has 1 aliphatic heterocycles. The number of nitrogens with zero attached hydrogens (tertiary/aromatic N) is 1. The molecule has 88 valence electrons. The highest BCUT2D eigenvalue weighted by Crippen LogP contribution is 2.25. The zero-order valence-corrected chi connectivity index (χ0v) is 11.6. The Balaban J connectivity index is 2.09. The van der Waals surface area contributed by atoms with Crippen LogP contribution in [0.5, 0.6) is 0 Å². The van der Waals surface area contributed by atoms with Gasteiger partial charge in [0.15, 0.2) is 0 Å². The lowest BCUT2D eigenvalue weighted by atomic mass is 10.1. The Hall–Kier alpha value is -0.0900. The van der Waals surface area contributed by atoms with Gasteiger partial charge in [0.1, 0.15) is 0 Å². The zero-order valence-electron chi connectivity index (χ0n) is 9.29. The summed E-state index contributed by atoms with van der Waals surface area (Å²) in [6, 6.07) is 6.72. The third-order valence-corrected chi connectivity index (χ3v) is 4.31. The topological polar surface area (TPSA) is 29.3 Å². The Bertz CT molecular complexity index is 383. The summed E-state index contributed by atoms with van der Waals surface area (Å²) in [5, 5.41) is 0.766. The second-order valence-electron chi connectivity index (χ2n) is 4.40. The Labute approximate surface area is 110 Å². The molecule has 0 spiro atoms. The van der Waals surface area contributed by atoms with E-state index >= 15 is 0 Å². The summed E-state index contributed by atoms with van der Waals surface area (Å²) in [5.41, 5.74) is 7.28. The number of halogens is 2. The van der Waals surface area contributed by atoms with Crippen molar-refractivity contribution in [3.63, 3.8) is 0 Å². The molecule has 1 fully saturated rings. The number of hydrogen-bond acceptors (Lipinski definition) is 2. The molecule has 0 bridgehead atoms. The normalized spacial score (nSPS) is 26.2. The molecular formula is C12H16BrClN2. The number of hydrogen-bond donors (Lipinski definition) is 1. The third-order valence-electron chi connectivity index (χ3n) is 3.33. The van der Waals surface area contributed by atoms with Gasteiger partial charge in [-0.1, -0.05) is 33.6 Å². The van der Waals surface area contributed by atoms with Crippen LogP contribution in [0.15, 0.2) is 22.7 Å². The average molecular weight is 304 g/mol. The molecule has 2 atom stereocenters. The van der Waals surface area contributed by atoms with Gasteiger partial charge in [0.05, 0.1) is 0 Å². The van der Waals surface area contributed by atoms with Crippen LogP contribution < -0.4 is 5.73 Å². The molecular weight excluding hydrogens is 288 g/mol. The quantitative estimate of drug-likeness (QED) is 0.910. The fourth-order valence-electron chi connectivity index (χ4n) is 2.12. The van der Waals surface area contributed by atoms with Crippen LogP contribution in [0.1, 0.15) is 18.9 Å². The molecule has 2 rings (SSSR count). The Kier molecular flexibility index (Phi) is 3.90. The Morgan fingerprint density at radius 3 is 2.88 bits per heavy atom. The summed E-state index contributed by atoms with van der Waals surface area (Å²) in [5.74, 6) is 0. The molecule has 0 saturated carbocycles. The van der Waals surface area contributed by atoms with E-state index in [0.717, 1.165) is 29.0 Å². The van der Waals surface area contributed by atoms with Crippen LogP contribution in [0, 0.1) is 0 Å². The molecule has 1 aromatic rings. The Morgan fingerprint density at radius 2 is 2.31 bits per heavy atom. The zero-order chi connectivity index (χ0) is 11.7. The van der Waals surface area contributed by atoms with Crippen molar-refractivity contribution in [3.8, 4) is 0 Å². The van der Waals surface area contributed by atoms with Crippen molar-refractivity contribution in [1.29, 1.82) is 0 Å². The molecule has 1 heterocycles. The van der Waals surface area contributed by atoms with Gasteiger partial charge in [-0.15, -0.1) is 0 Å². The maximum absolute atomic E-state index is 6.01. The first-order chi connectivity index (χ1) is 7.58. The summed E-state index contributed by atoms with van der Waals surface area (Å²) >= 11 is 9.47. The van der Waals surface area contributed by atoms with E-state index in [2.05, 4.69) is 33.8 Å². The van der Waals surface area contributed by atoms with Crippen LogP contribution >= 0.6 is 27.5 Å². The molecule has 0 radical (unpaired) electrons. The standard InChI is InChI=1S/C12H16BrClN2/c1-8-12(15)4-5-16(8)7-9-2-3-10(14)6-11(9)13/h2-3,6,8,12H,4-5,7,15H2,1H3. The second-order valence-corrected chi connectivity index (χ2v) is 5.69. The first kappa shape index (κ1) is 12.4. The maximum Gasteiger partial charge on any atom is 0.0417 e. The van der Waals surface area contributed by atoms with Crippen LogP contribution in [0.4, 0.5) is 0 Å². The minimum Gasteiger partial charge on any atom is -0.326 e. The van der Waals surface area contributed by atoms with Crippen LogP contribution in [0.2, 0.25) is 5.02 Å². The molecule has 2 unspecified atom stereocenters. The monoisotopic (exact) mass is 302 g/mol. The summed E-state index contributed by atoms with van der Waals surface area (Å²) in [6.45, 7) is 4.21. The van der Waals surface area contributed by atoms with Crippen LogP contribution in [-0.2, 0) is 6.54 Å². The molecule has 1 aromatic carbocycles. The highest BCUT2D eigenvalue weighted by atomic mass is 79.9. The van der Waals surface area contributed by atoms with Crippen LogP contribution in [0.3, 0.4) is 0 Å². The second kappa shape index (κ2) is 5.05. The van der Waals surface area contributed by atoms with Gasteiger partial charge in [-0.2, -0.15) is 0 Å². The molecule has 1 aliphatic rings. The first-order valence-electron chi connectivity index (χ1n) is 5.51. The van der Waals surface area contributed by atoms with Crippen molar-refractivity contribution in [2.75, 3.05) is 6.54 Å². The molecule has 16 heavy (non-hydrogen) atoms. The van der Waals surface area contributed by atoms with E-state index in [1.54, 1.807) is 0 Å². The van der Waals surface area contributed by atoms with E-state index in [9.17, 15) is 0 Å². The van der Waals surface area contributed by atoms with E-state index in [0.29, 0.717) is 12.1 Å². The first-order valence-corrected chi connectivity index (χ1v) is 6.68. The highest BCUT2D eigenvalue weighted by Gasteiger charge is 2.27. The van der Waals surface area contributed by atoms with E-state index in [1.807, 2.05) is 12.1 Å². The van der Waals surface area contributed by atoms with Gasteiger partial charge in [0.25, 0.3) is 0 Å². The maximum atomic E-state index is 6.01. The average Bonchev–Trinajstić information content (AvgIpc) is 2.54. The van der Waals surface area contributed by atoms with Crippen LogP contribution in [-0.4, -0.2) is 23.5 Å². The summed E-state index contributed by atoms with van der Waals surface area (Å²) in [6.07, 6.45) is 1.09. The van der Waals surface area contributed by atoms with Gasteiger partial charge in [-0.05, 0) is 31.0 Å². The Morgan fingerprint density at radius 1 is 1.56 bits per heavy atom. The van der Waals surface area contributed by atoms with Crippen molar-refractivity contribution in [2.24, 2.45) is 5.73 Å². The van der Waals surface area contributed by atoms with Crippen molar-refractivity contribution in [1.82, 2.24) is 4.90 Å². The van der Waals surface area contributed by atoms with Crippen molar-refractivity contribution in [3.05, 3.63) is 33.3 Å². The van der Waals surface area contributed by atoms with Gasteiger partial charge < -0.3 is 5.73 Å². The van der Waals surface area contributed by atoms with Crippen molar-refractivity contribution >= 4 is 27.5 Å². The molecule has 4 heteroatoms. The van der Waals surface area contributed by atoms with E-state index in [1.165, 1.54) is 5.56 Å². The van der Waals surface area contributed by atoms with Gasteiger partial charge in [-0.3, -0.25) is 4.90 Å².